The van der Waals surface area contributed by atoms with Crippen LogP contribution >= 0.6 is 0 Å². The van der Waals surface area contributed by atoms with Gasteiger partial charge in [0.25, 0.3) is 0 Å². The molecule has 0 spiro atoms. The monoisotopic (exact) mass is 903 g/mol. The van der Waals surface area contributed by atoms with Crippen LogP contribution in [0.1, 0.15) is 323 Å². The van der Waals surface area contributed by atoms with Gasteiger partial charge in [-0.15, -0.1) is 0 Å². The topological polar surface area (TPSA) is 78.9 Å². The second kappa shape index (κ2) is 53.8. The van der Waals surface area contributed by atoms with Crippen molar-refractivity contribution in [1.29, 1.82) is 0 Å². The summed E-state index contributed by atoms with van der Waals surface area (Å²) in [6.07, 6.45) is 60.6. The molecule has 378 valence electrons. The molecule has 0 heterocycles. The number of carbonyl (C=O) groups is 3. The third-order valence-corrected chi connectivity index (χ3v) is 13.0. The van der Waals surface area contributed by atoms with Crippen LogP contribution in [0.2, 0.25) is 0 Å². The Morgan fingerprint density at radius 1 is 0.297 bits per heavy atom. The highest BCUT2D eigenvalue weighted by atomic mass is 16.6. The van der Waals surface area contributed by atoms with Gasteiger partial charge in [0.1, 0.15) is 13.2 Å². The first kappa shape index (κ1) is 62.1. The first-order valence-corrected chi connectivity index (χ1v) is 28.7. The van der Waals surface area contributed by atoms with Crippen LogP contribution in [0.5, 0.6) is 0 Å². The molecule has 0 aliphatic rings. The smallest absolute Gasteiger partial charge is 0.306 e. The fourth-order valence-electron chi connectivity index (χ4n) is 8.68. The molecule has 0 unspecified atom stereocenters. The SMILES string of the molecule is CCCCCC/C=C\CCCCCCCCCC(=O)OC[C@H](COC(=O)CCCCCCCCCCCCCC)OC(=O)CCCCCCCCCCCCCCCCCCCCC. The summed E-state index contributed by atoms with van der Waals surface area (Å²) < 4.78 is 16.9. The molecular weight excluding hydrogens is 793 g/mol. The van der Waals surface area contributed by atoms with Crippen LogP contribution in [-0.4, -0.2) is 37.2 Å². The molecule has 0 amide bonds. The third kappa shape index (κ3) is 51.1. The lowest BCUT2D eigenvalue weighted by Gasteiger charge is -2.18. The van der Waals surface area contributed by atoms with E-state index in [1.165, 1.54) is 225 Å². The highest BCUT2D eigenvalue weighted by Crippen LogP contribution is 2.17. The van der Waals surface area contributed by atoms with Gasteiger partial charge in [-0.05, 0) is 44.9 Å². The fourth-order valence-corrected chi connectivity index (χ4v) is 8.68. The van der Waals surface area contributed by atoms with Crippen molar-refractivity contribution < 1.29 is 28.6 Å². The average molecular weight is 904 g/mol. The van der Waals surface area contributed by atoms with E-state index in [-0.39, 0.29) is 31.1 Å². The summed E-state index contributed by atoms with van der Waals surface area (Å²) in [5.41, 5.74) is 0. The summed E-state index contributed by atoms with van der Waals surface area (Å²) in [4.78, 5) is 38.1. The number of esters is 3. The largest absolute Gasteiger partial charge is 0.462 e. The van der Waals surface area contributed by atoms with Crippen LogP contribution in [0.25, 0.3) is 0 Å². The van der Waals surface area contributed by atoms with Crippen LogP contribution in [0.15, 0.2) is 12.2 Å². The molecular formula is C58H110O6. The number of rotatable bonds is 53. The van der Waals surface area contributed by atoms with Gasteiger partial charge in [0.15, 0.2) is 6.10 Å². The quantitative estimate of drug-likeness (QED) is 0.0262. The van der Waals surface area contributed by atoms with Crippen molar-refractivity contribution in [3.8, 4) is 0 Å². The van der Waals surface area contributed by atoms with E-state index in [1.807, 2.05) is 0 Å². The van der Waals surface area contributed by atoms with Crippen molar-refractivity contribution in [2.75, 3.05) is 13.2 Å². The van der Waals surface area contributed by atoms with Crippen LogP contribution in [-0.2, 0) is 28.6 Å². The van der Waals surface area contributed by atoms with Crippen molar-refractivity contribution in [3.63, 3.8) is 0 Å². The Hall–Kier alpha value is -1.85. The molecule has 0 aliphatic heterocycles. The van der Waals surface area contributed by atoms with Crippen molar-refractivity contribution in [3.05, 3.63) is 12.2 Å². The summed E-state index contributed by atoms with van der Waals surface area (Å²) in [5, 5.41) is 0. The molecule has 0 rings (SSSR count). The Morgan fingerprint density at radius 2 is 0.516 bits per heavy atom. The summed E-state index contributed by atoms with van der Waals surface area (Å²) in [7, 11) is 0. The first-order valence-electron chi connectivity index (χ1n) is 28.7. The van der Waals surface area contributed by atoms with Gasteiger partial charge in [0, 0.05) is 19.3 Å². The molecule has 0 aromatic rings. The molecule has 64 heavy (non-hydrogen) atoms. The minimum atomic E-state index is -0.765. The molecule has 0 aromatic carbocycles. The van der Waals surface area contributed by atoms with Gasteiger partial charge < -0.3 is 14.2 Å². The predicted octanol–water partition coefficient (Wildman–Crippen LogP) is 18.9. The lowest BCUT2D eigenvalue weighted by molar-refractivity contribution is -0.167. The number of ether oxygens (including phenoxy) is 3. The van der Waals surface area contributed by atoms with Gasteiger partial charge >= 0.3 is 17.9 Å². The maximum atomic E-state index is 12.8. The molecule has 6 nitrogen and oxygen atoms in total. The number of hydrogen-bond donors (Lipinski definition) is 0. The van der Waals surface area contributed by atoms with E-state index in [1.54, 1.807) is 0 Å². The standard InChI is InChI=1S/C58H110O6/c1-4-7-10-13-16-19-22-25-27-28-29-30-32-34-37-40-43-46-49-52-58(61)64-55(53-62-56(59)50-47-44-41-38-35-24-21-18-15-12-9-6-3)54-63-57(60)51-48-45-42-39-36-33-31-26-23-20-17-14-11-8-5-2/h20,23,55H,4-19,21-22,24-54H2,1-3H3/b23-20-/t55-/m0/s1. The second-order valence-electron chi connectivity index (χ2n) is 19.6. The molecule has 0 aliphatic carbocycles. The molecule has 6 heteroatoms. The van der Waals surface area contributed by atoms with Crippen molar-refractivity contribution in [1.82, 2.24) is 0 Å². The fraction of sp³-hybridized carbons (Fsp3) is 0.914. The zero-order valence-electron chi connectivity index (χ0n) is 43.3. The van der Waals surface area contributed by atoms with E-state index in [4.69, 9.17) is 14.2 Å². The minimum Gasteiger partial charge on any atom is -0.462 e. The number of carbonyl (C=O) groups excluding carboxylic acids is 3. The van der Waals surface area contributed by atoms with Crippen molar-refractivity contribution >= 4 is 17.9 Å². The number of allylic oxidation sites excluding steroid dienone is 2. The molecule has 0 bridgehead atoms. The molecule has 0 saturated heterocycles. The van der Waals surface area contributed by atoms with Gasteiger partial charge in [-0.25, -0.2) is 0 Å². The van der Waals surface area contributed by atoms with Crippen LogP contribution < -0.4 is 0 Å². The lowest BCUT2D eigenvalue weighted by atomic mass is 10.0. The zero-order chi connectivity index (χ0) is 46.5. The van der Waals surface area contributed by atoms with Gasteiger partial charge in [-0.3, -0.25) is 14.4 Å². The normalized spacial score (nSPS) is 12.0. The van der Waals surface area contributed by atoms with Crippen LogP contribution in [0.4, 0.5) is 0 Å². The summed E-state index contributed by atoms with van der Waals surface area (Å²) in [6, 6.07) is 0. The molecule has 0 saturated carbocycles. The van der Waals surface area contributed by atoms with E-state index >= 15 is 0 Å². The minimum absolute atomic E-state index is 0.0654. The summed E-state index contributed by atoms with van der Waals surface area (Å²) in [5.74, 6) is -0.847. The molecule has 0 fully saturated rings. The van der Waals surface area contributed by atoms with Gasteiger partial charge in [0.2, 0.25) is 0 Å². The Morgan fingerprint density at radius 3 is 0.797 bits per heavy atom. The average Bonchev–Trinajstić information content (AvgIpc) is 3.29. The van der Waals surface area contributed by atoms with Gasteiger partial charge in [0.05, 0.1) is 0 Å². The Kier molecular flexibility index (Phi) is 52.2. The Labute approximate surface area is 399 Å². The second-order valence-corrected chi connectivity index (χ2v) is 19.6. The highest BCUT2D eigenvalue weighted by Gasteiger charge is 2.19. The van der Waals surface area contributed by atoms with E-state index in [0.717, 1.165) is 57.8 Å². The molecule has 0 radical (unpaired) electrons. The Balaban J connectivity index is 4.29. The van der Waals surface area contributed by atoms with E-state index < -0.39 is 6.10 Å². The number of hydrogen-bond acceptors (Lipinski definition) is 6. The highest BCUT2D eigenvalue weighted by molar-refractivity contribution is 5.71. The maximum absolute atomic E-state index is 12.8. The zero-order valence-corrected chi connectivity index (χ0v) is 43.3. The van der Waals surface area contributed by atoms with Crippen LogP contribution in [0, 0.1) is 0 Å². The van der Waals surface area contributed by atoms with Gasteiger partial charge in [-0.1, -0.05) is 270 Å². The van der Waals surface area contributed by atoms with E-state index in [9.17, 15) is 14.4 Å². The maximum Gasteiger partial charge on any atom is 0.306 e. The predicted molar refractivity (Wildman–Crippen MR) is 275 cm³/mol. The lowest BCUT2D eigenvalue weighted by Crippen LogP contribution is -2.30. The molecule has 1 atom stereocenters. The first-order chi connectivity index (χ1) is 31.5. The van der Waals surface area contributed by atoms with Crippen LogP contribution in [0.3, 0.4) is 0 Å². The molecule has 0 N–H and O–H groups in total. The van der Waals surface area contributed by atoms with Crippen molar-refractivity contribution in [2.24, 2.45) is 0 Å². The van der Waals surface area contributed by atoms with E-state index in [0.29, 0.717) is 19.3 Å². The molecule has 0 aromatic heterocycles. The van der Waals surface area contributed by atoms with E-state index in [2.05, 4.69) is 32.9 Å². The summed E-state index contributed by atoms with van der Waals surface area (Å²) in [6.45, 7) is 6.67. The van der Waals surface area contributed by atoms with Crippen molar-refractivity contribution in [2.45, 2.75) is 329 Å². The Bertz CT molecular complexity index is 993. The third-order valence-electron chi connectivity index (χ3n) is 13.0. The number of unbranched alkanes of at least 4 members (excludes halogenated alkanes) is 40. The van der Waals surface area contributed by atoms with Gasteiger partial charge in [-0.2, -0.15) is 0 Å². The summed E-state index contributed by atoms with van der Waals surface area (Å²) >= 11 is 0.